The molecule has 0 radical (unpaired) electrons. The van der Waals surface area contributed by atoms with Gasteiger partial charge in [-0.1, -0.05) is 11.3 Å². The maximum atomic E-state index is 15.0. The molecule has 0 spiro atoms. The van der Waals surface area contributed by atoms with Crippen molar-refractivity contribution in [3.8, 4) is 11.3 Å². The number of thiazole rings is 1. The number of piperidine rings is 1. The van der Waals surface area contributed by atoms with E-state index in [1.165, 1.54) is 12.8 Å². The normalized spacial score (nSPS) is 22.7. The first-order valence-electron chi connectivity index (χ1n) is 10.4. The Hall–Kier alpha value is -2.29. The van der Waals surface area contributed by atoms with Crippen LogP contribution in [0.15, 0.2) is 30.5 Å². The van der Waals surface area contributed by atoms with Gasteiger partial charge in [0.15, 0.2) is 10.9 Å². The molecule has 0 amide bonds. The van der Waals surface area contributed by atoms with E-state index in [0.717, 1.165) is 45.0 Å². The molecule has 0 aliphatic carbocycles. The van der Waals surface area contributed by atoms with Crippen molar-refractivity contribution in [3.05, 3.63) is 36.3 Å². The van der Waals surface area contributed by atoms with Crippen molar-refractivity contribution in [3.63, 3.8) is 0 Å². The lowest BCUT2D eigenvalue weighted by molar-refractivity contribution is 0.354. The van der Waals surface area contributed by atoms with Crippen molar-refractivity contribution in [1.82, 2.24) is 25.1 Å². The van der Waals surface area contributed by atoms with Crippen LogP contribution in [0.4, 0.5) is 9.52 Å². The Labute approximate surface area is 189 Å². The van der Waals surface area contributed by atoms with Crippen LogP contribution in [0.25, 0.3) is 32.5 Å². The van der Waals surface area contributed by atoms with Crippen LogP contribution in [0.2, 0.25) is 0 Å². The standard InChI is InChI=1S/C22H23FN6S.ClH/c1-28-11-19-18(27-28)6-5-17(25-19)12-7-16(23)21-20(8-12)30-22(26-21)29(2)15-9-13-3-4-14(10-15)24-13;/h5-8,11,13-15,24H,3-4,9-10H2,1-2H3;1H/t13-,14+,15-;. The molecule has 0 saturated carbocycles. The van der Waals surface area contributed by atoms with E-state index >= 15 is 0 Å². The lowest BCUT2D eigenvalue weighted by Crippen LogP contribution is -2.47. The maximum Gasteiger partial charge on any atom is 0.186 e. The van der Waals surface area contributed by atoms with Crippen molar-refractivity contribution in [2.75, 3.05) is 11.9 Å². The number of halogens is 2. The molecule has 2 bridgehead atoms. The summed E-state index contributed by atoms with van der Waals surface area (Å²) in [6.45, 7) is 0. The summed E-state index contributed by atoms with van der Waals surface area (Å²) in [5, 5.41) is 8.94. The Morgan fingerprint density at radius 2 is 1.90 bits per heavy atom. The van der Waals surface area contributed by atoms with E-state index in [1.807, 2.05) is 31.4 Å². The number of anilines is 1. The molecule has 162 valence electrons. The topological polar surface area (TPSA) is 58.9 Å². The molecule has 2 aliphatic heterocycles. The van der Waals surface area contributed by atoms with Gasteiger partial charge in [0.25, 0.3) is 0 Å². The number of hydrogen-bond donors (Lipinski definition) is 1. The van der Waals surface area contributed by atoms with E-state index in [9.17, 15) is 4.39 Å². The number of benzene rings is 1. The second-order valence-corrected chi connectivity index (χ2v) is 9.59. The molecule has 3 atom stereocenters. The molecule has 3 aromatic heterocycles. The van der Waals surface area contributed by atoms with Crippen molar-refractivity contribution in [1.29, 1.82) is 0 Å². The zero-order valence-electron chi connectivity index (χ0n) is 17.4. The summed E-state index contributed by atoms with van der Waals surface area (Å²) in [7, 11) is 3.97. The highest BCUT2D eigenvalue weighted by Gasteiger charge is 2.35. The van der Waals surface area contributed by atoms with E-state index in [-0.39, 0.29) is 18.2 Å². The third-order valence-corrected chi connectivity index (χ3v) is 7.60. The maximum absolute atomic E-state index is 15.0. The molecule has 1 aromatic carbocycles. The molecular weight excluding hydrogens is 435 g/mol. The first-order chi connectivity index (χ1) is 14.5. The summed E-state index contributed by atoms with van der Waals surface area (Å²) in [6, 6.07) is 9.06. The number of rotatable bonds is 3. The Bertz CT molecular complexity index is 1260. The van der Waals surface area contributed by atoms with E-state index in [2.05, 4.69) is 32.3 Å². The van der Waals surface area contributed by atoms with Crippen LogP contribution in [0, 0.1) is 5.82 Å². The highest BCUT2D eigenvalue weighted by Crippen LogP contribution is 2.37. The average Bonchev–Trinajstić information content (AvgIpc) is 3.42. The number of nitrogens with one attached hydrogen (secondary N) is 1. The molecule has 5 heterocycles. The predicted octanol–water partition coefficient (Wildman–Crippen LogP) is 4.53. The Morgan fingerprint density at radius 1 is 1.13 bits per heavy atom. The van der Waals surface area contributed by atoms with Crippen LogP contribution in [0.3, 0.4) is 0 Å². The van der Waals surface area contributed by atoms with Gasteiger partial charge in [-0.15, -0.1) is 12.4 Å². The van der Waals surface area contributed by atoms with Gasteiger partial charge in [-0.2, -0.15) is 5.10 Å². The second kappa shape index (κ2) is 7.69. The summed E-state index contributed by atoms with van der Waals surface area (Å²) in [5.41, 5.74) is 3.60. The zero-order chi connectivity index (χ0) is 20.4. The minimum Gasteiger partial charge on any atom is -0.348 e. The lowest BCUT2D eigenvalue weighted by Gasteiger charge is -2.35. The van der Waals surface area contributed by atoms with Gasteiger partial charge in [-0.3, -0.25) is 4.68 Å². The average molecular weight is 459 g/mol. The fraction of sp³-hybridized carbons (Fsp3) is 0.409. The summed E-state index contributed by atoms with van der Waals surface area (Å²) in [6.07, 6.45) is 6.67. The molecule has 4 aromatic rings. The fourth-order valence-corrected chi connectivity index (χ4v) is 6.01. The zero-order valence-corrected chi connectivity index (χ0v) is 19.0. The molecule has 2 aliphatic rings. The van der Waals surface area contributed by atoms with E-state index < -0.39 is 0 Å². The molecule has 1 N–H and O–H groups in total. The number of fused-ring (bicyclic) bond motifs is 4. The predicted molar refractivity (Wildman–Crippen MR) is 126 cm³/mol. The Morgan fingerprint density at radius 3 is 2.68 bits per heavy atom. The Kier molecular flexibility index (Phi) is 5.11. The molecule has 6 nitrogen and oxygen atoms in total. The summed E-state index contributed by atoms with van der Waals surface area (Å²) >= 11 is 1.56. The van der Waals surface area contributed by atoms with Gasteiger partial charge in [0, 0.05) is 37.8 Å². The minimum absolute atomic E-state index is 0. The van der Waals surface area contributed by atoms with Gasteiger partial charge >= 0.3 is 0 Å². The number of aromatic nitrogens is 4. The van der Waals surface area contributed by atoms with Gasteiger partial charge in [0.2, 0.25) is 0 Å². The summed E-state index contributed by atoms with van der Waals surface area (Å²) in [5.74, 6) is -0.295. The van der Waals surface area contributed by atoms with Crippen LogP contribution in [-0.4, -0.2) is 44.9 Å². The highest BCUT2D eigenvalue weighted by molar-refractivity contribution is 7.22. The van der Waals surface area contributed by atoms with Crippen LogP contribution in [-0.2, 0) is 7.05 Å². The van der Waals surface area contributed by atoms with Gasteiger partial charge in [-0.05, 0) is 49.9 Å². The summed E-state index contributed by atoms with van der Waals surface area (Å²) < 4.78 is 17.6. The Balaban J connectivity index is 0.00000204. The molecule has 2 saturated heterocycles. The van der Waals surface area contributed by atoms with Gasteiger partial charge < -0.3 is 10.2 Å². The van der Waals surface area contributed by atoms with Crippen LogP contribution in [0.5, 0.6) is 0 Å². The number of pyridine rings is 1. The van der Waals surface area contributed by atoms with Crippen LogP contribution >= 0.6 is 23.7 Å². The van der Waals surface area contributed by atoms with Crippen molar-refractivity contribution >= 4 is 50.1 Å². The van der Waals surface area contributed by atoms with Gasteiger partial charge in [0.05, 0.1) is 16.6 Å². The van der Waals surface area contributed by atoms with E-state index in [1.54, 1.807) is 22.1 Å². The number of nitrogens with zero attached hydrogens (tertiary/aromatic N) is 5. The van der Waals surface area contributed by atoms with Gasteiger partial charge in [0.1, 0.15) is 16.6 Å². The monoisotopic (exact) mass is 458 g/mol. The third-order valence-electron chi connectivity index (χ3n) is 6.51. The second-order valence-electron chi connectivity index (χ2n) is 8.58. The largest absolute Gasteiger partial charge is 0.348 e. The van der Waals surface area contributed by atoms with E-state index in [4.69, 9.17) is 0 Å². The van der Waals surface area contributed by atoms with Crippen LogP contribution < -0.4 is 10.2 Å². The van der Waals surface area contributed by atoms with Crippen LogP contribution in [0.1, 0.15) is 25.7 Å². The molecule has 9 heteroatoms. The first kappa shape index (κ1) is 20.6. The van der Waals surface area contributed by atoms with E-state index in [0.29, 0.717) is 23.6 Å². The highest BCUT2D eigenvalue weighted by atomic mass is 35.5. The molecular formula is C22H24ClFN6S. The molecule has 2 fully saturated rings. The summed E-state index contributed by atoms with van der Waals surface area (Å²) in [4.78, 5) is 11.6. The quantitative estimate of drug-likeness (QED) is 0.489. The van der Waals surface area contributed by atoms with Crippen molar-refractivity contribution in [2.45, 2.75) is 43.8 Å². The van der Waals surface area contributed by atoms with Crippen molar-refractivity contribution < 1.29 is 4.39 Å². The first-order valence-corrected chi connectivity index (χ1v) is 11.2. The molecule has 31 heavy (non-hydrogen) atoms. The SMILES string of the molecule is CN(c1nc2c(F)cc(-c3ccc4nn(C)cc4n3)cc2s1)[C@@H]1C[C@H]2CC[C@@H](C1)N2.Cl. The number of aryl methyl sites for hydroxylation is 1. The van der Waals surface area contributed by atoms with Crippen molar-refractivity contribution in [2.24, 2.45) is 7.05 Å². The third kappa shape index (κ3) is 3.56. The lowest BCUT2D eigenvalue weighted by atomic mass is 9.99. The smallest absolute Gasteiger partial charge is 0.186 e. The number of hydrogen-bond acceptors (Lipinski definition) is 6. The van der Waals surface area contributed by atoms with Gasteiger partial charge in [-0.25, -0.2) is 14.4 Å². The molecule has 6 rings (SSSR count). The minimum atomic E-state index is -0.295. The molecule has 0 unspecified atom stereocenters. The fourth-order valence-electron chi connectivity index (χ4n) is 4.96.